The number of carbonyl (C=O) groups excluding carboxylic acids is 1. The van der Waals surface area contributed by atoms with Gasteiger partial charge in [-0.25, -0.2) is 9.37 Å². The van der Waals surface area contributed by atoms with E-state index in [-0.39, 0.29) is 23.8 Å². The number of nitrogens with one attached hydrogen (secondary N) is 1. The summed E-state index contributed by atoms with van der Waals surface area (Å²) in [5, 5.41) is 2.89. The quantitative estimate of drug-likeness (QED) is 0.648. The Morgan fingerprint density at radius 1 is 1.12 bits per heavy atom. The standard InChI is InChI=1S/C25H27FN4O2/c1-3-29-13-12-22-21(15-29)25(32)30(24(28-22)19-8-10-20(26)11-9-19)16-23(31)27-14-18-6-4-17(2)5-7-18/h4-11H,3,12-16H2,1-2H3,(H,27,31). The van der Waals surface area contributed by atoms with Gasteiger partial charge in [0.25, 0.3) is 5.56 Å². The van der Waals surface area contributed by atoms with Crippen LogP contribution in [0.15, 0.2) is 53.3 Å². The fourth-order valence-electron chi connectivity index (χ4n) is 3.91. The van der Waals surface area contributed by atoms with E-state index in [4.69, 9.17) is 4.98 Å². The lowest BCUT2D eigenvalue weighted by atomic mass is 10.1. The van der Waals surface area contributed by atoms with Crippen molar-refractivity contribution in [1.82, 2.24) is 19.8 Å². The van der Waals surface area contributed by atoms with E-state index < -0.39 is 0 Å². The Bertz CT molecular complexity index is 1170. The maximum Gasteiger partial charge on any atom is 0.259 e. The summed E-state index contributed by atoms with van der Waals surface area (Å²) in [5.41, 5.74) is 3.92. The van der Waals surface area contributed by atoms with Crippen LogP contribution in [0.5, 0.6) is 0 Å². The van der Waals surface area contributed by atoms with Crippen molar-refractivity contribution in [1.29, 1.82) is 0 Å². The van der Waals surface area contributed by atoms with Crippen LogP contribution in [0.1, 0.15) is 29.3 Å². The number of aromatic nitrogens is 2. The highest BCUT2D eigenvalue weighted by molar-refractivity contribution is 5.76. The number of nitrogens with zero attached hydrogens (tertiary/aromatic N) is 3. The van der Waals surface area contributed by atoms with Crippen LogP contribution >= 0.6 is 0 Å². The Hall–Kier alpha value is -3.32. The van der Waals surface area contributed by atoms with Gasteiger partial charge < -0.3 is 5.32 Å². The molecule has 166 valence electrons. The minimum Gasteiger partial charge on any atom is -0.350 e. The normalized spacial score (nSPS) is 13.6. The second-order valence-electron chi connectivity index (χ2n) is 8.14. The summed E-state index contributed by atoms with van der Waals surface area (Å²) < 4.78 is 14.9. The molecule has 32 heavy (non-hydrogen) atoms. The molecule has 0 fully saturated rings. The molecule has 1 N–H and O–H groups in total. The Labute approximate surface area is 186 Å². The smallest absolute Gasteiger partial charge is 0.259 e. The number of hydrogen-bond donors (Lipinski definition) is 1. The molecule has 7 heteroatoms. The van der Waals surface area contributed by atoms with Crippen LogP contribution in [-0.4, -0.2) is 33.4 Å². The Kier molecular flexibility index (Phi) is 6.46. The summed E-state index contributed by atoms with van der Waals surface area (Å²) >= 11 is 0. The zero-order valence-corrected chi connectivity index (χ0v) is 18.4. The molecule has 0 radical (unpaired) electrons. The first-order valence-corrected chi connectivity index (χ1v) is 10.9. The summed E-state index contributed by atoms with van der Waals surface area (Å²) in [6.07, 6.45) is 0.674. The van der Waals surface area contributed by atoms with Crippen molar-refractivity contribution < 1.29 is 9.18 Å². The zero-order chi connectivity index (χ0) is 22.7. The number of rotatable bonds is 6. The lowest BCUT2D eigenvalue weighted by Crippen LogP contribution is -2.40. The first-order chi connectivity index (χ1) is 15.4. The number of benzene rings is 2. The maximum atomic E-state index is 13.5. The molecule has 0 bridgehead atoms. The molecule has 0 saturated carbocycles. The minimum atomic E-state index is -0.366. The third-order valence-corrected chi connectivity index (χ3v) is 5.86. The highest BCUT2D eigenvalue weighted by Crippen LogP contribution is 2.21. The van der Waals surface area contributed by atoms with E-state index in [0.29, 0.717) is 36.5 Å². The topological polar surface area (TPSA) is 67.2 Å². The van der Waals surface area contributed by atoms with Crippen molar-refractivity contribution in [3.05, 3.63) is 87.1 Å². The highest BCUT2D eigenvalue weighted by Gasteiger charge is 2.24. The number of halogens is 1. The highest BCUT2D eigenvalue weighted by atomic mass is 19.1. The van der Waals surface area contributed by atoms with Crippen molar-refractivity contribution >= 4 is 5.91 Å². The van der Waals surface area contributed by atoms with Crippen LogP contribution in [0, 0.1) is 12.7 Å². The van der Waals surface area contributed by atoms with E-state index >= 15 is 0 Å². The lowest BCUT2D eigenvalue weighted by molar-refractivity contribution is -0.121. The van der Waals surface area contributed by atoms with Gasteiger partial charge in [-0.05, 0) is 43.3 Å². The third-order valence-electron chi connectivity index (χ3n) is 5.86. The molecule has 2 heterocycles. The summed E-state index contributed by atoms with van der Waals surface area (Å²) in [5.74, 6) is -0.250. The van der Waals surface area contributed by atoms with Gasteiger partial charge >= 0.3 is 0 Å². The molecule has 0 spiro atoms. The lowest BCUT2D eigenvalue weighted by Gasteiger charge is -2.27. The van der Waals surface area contributed by atoms with Crippen LogP contribution < -0.4 is 10.9 Å². The fraction of sp³-hybridized carbons (Fsp3) is 0.320. The van der Waals surface area contributed by atoms with Crippen molar-refractivity contribution in [3.8, 4) is 11.4 Å². The molecule has 1 aliphatic rings. The Balaban J connectivity index is 1.65. The van der Waals surface area contributed by atoms with Gasteiger partial charge in [-0.3, -0.25) is 19.1 Å². The van der Waals surface area contributed by atoms with Crippen LogP contribution in [-0.2, 0) is 30.8 Å². The maximum absolute atomic E-state index is 13.5. The van der Waals surface area contributed by atoms with Gasteiger partial charge in [0.2, 0.25) is 5.91 Å². The molecule has 1 aliphatic heterocycles. The predicted molar refractivity (Wildman–Crippen MR) is 122 cm³/mol. The number of hydrogen-bond acceptors (Lipinski definition) is 4. The van der Waals surface area contributed by atoms with Crippen molar-refractivity contribution in [2.75, 3.05) is 13.1 Å². The molecule has 6 nitrogen and oxygen atoms in total. The van der Waals surface area contributed by atoms with Crippen molar-refractivity contribution in [2.45, 2.75) is 39.9 Å². The molecule has 0 saturated heterocycles. The Morgan fingerprint density at radius 2 is 1.84 bits per heavy atom. The fourth-order valence-corrected chi connectivity index (χ4v) is 3.91. The zero-order valence-electron chi connectivity index (χ0n) is 18.4. The van der Waals surface area contributed by atoms with Gasteiger partial charge in [0, 0.05) is 31.6 Å². The second-order valence-corrected chi connectivity index (χ2v) is 8.14. The molecule has 0 unspecified atom stereocenters. The minimum absolute atomic E-state index is 0.149. The summed E-state index contributed by atoms with van der Waals surface area (Å²) in [4.78, 5) is 33.1. The van der Waals surface area contributed by atoms with Gasteiger partial charge in [-0.2, -0.15) is 0 Å². The van der Waals surface area contributed by atoms with E-state index in [2.05, 4.69) is 17.1 Å². The SMILES string of the molecule is CCN1CCc2nc(-c3ccc(F)cc3)n(CC(=O)NCc3ccc(C)cc3)c(=O)c2C1. The largest absolute Gasteiger partial charge is 0.350 e. The van der Waals surface area contributed by atoms with Gasteiger partial charge in [-0.15, -0.1) is 0 Å². The van der Waals surface area contributed by atoms with E-state index in [1.165, 1.54) is 16.7 Å². The molecule has 3 aromatic rings. The first-order valence-electron chi connectivity index (χ1n) is 10.9. The van der Waals surface area contributed by atoms with E-state index in [0.717, 1.165) is 29.9 Å². The number of fused-ring (bicyclic) bond motifs is 1. The molecule has 4 rings (SSSR count). The molecular weight excluding hydrogens is 407 g/mol. The molecule has 1 amide bonds. The van der Waals surface area contributed by atoms with Crippen LogP contribution in [0.25, 0.3) is 11.4 Å². The Morgan fingerprint density at radius 3 is 2.53 bits per heavy atom. The summed E-state index contributed by atoms with van der Waals surface area (Å²) in [6.45, 7) is 6.49. The van der Waals surface area contributed by atoms with Crippen molar-refractivity contribution in [2.24, 2.45) is 0 Å². The van der Waals surface area contributed by atoms with Crippen LogP contribution in [0.2, 0.25) is 0 Å². The average molecular weight is 435 g/mol. The van der Waals surface area contributed by atoms with Gasteiger partial charge in [0.1, 0.15) is 18.2 Å². The first kappa shape index (κ1) is 21.9. The predicted octanol–water partition coefficient (Wildman–Crippen LogP) is 3.05. The van der Waals surface area contributed by atoms with Gasteiger partial charge in [0.15, 0.2) is 0 Å². The van der Waals surface area contributed by atoms with E-state index in [1.807, 2.05) is 31.2 Å². The second kappa shape index (κ2) is 9.44. The molecule has 0 atom stereocenters. The third kappa shape index (κ3) is 4.78. The van der Waals surface area contributed by atoms with E-state index in [9.17, 15) is 14.0 Å². The summed E-state index contributed by atoms with van der Waals surface area (Å²) in [7, 11) is 0. The number of likely N-dealkylation sites (N-methyl/N-ethyl adjacent to an activating group) is 1. The number of amides is 1. The summed E-state index contributed by atoms with van der Waals surface area (Å²) in [6, 6.07) is 13.8. The number of aryl methyl sites for hydroxylation is 1. The van der Waals surface area contributed by atoms with E-state index in [1.54, 1.807) is 12.1 Å². The molecule has 2 aromatic carbocycles. The average Bonchev–Trinajstić information content (AvgIpc) is 2.81. The molecule has 0 aliphatic carbocycles. The van der Waals surface area contributed by atoms with Crippen molar-refractivity contribution in [3.63, 3.8) is 0 Å². The van der Waals surface area contributed by atoms with Gasteiger partial charge in [-0.1, -0.05) is 36.8 Å². The molecule has 1 aromatic heterocycles. The van der Waals surface area contributed by atoms with Crippen LogP contribution in [0.3, 0.4) is 0 Å². The van der Waals surface area contributed by atoms with Gasteiger partial charge in [0.05, 0.1) is 11.3 Å². The monoisotopic (exact) mass is 434 g/mol. The molecular formula is C25H27FN4O2. The van der Waals surface area contributed by atoms with Crippen LogP contribution in [0.4, 0.5) is 4.39 Å². The number of carbonyl (C=O) groups is 1.